The van der Waals surface area contributed by atoms with Crippen LogP contribution in [0.5, 0.6) is 0 Å². The largest absolute Gasteiger partial charge is 0.243 e. The van der Waals surface area contributed by atoms with Crippen LogP contribution in [-0.4, -0.2) is 30.6 Å². The van der Waals surface area contributed by atoms with E-state index >= 15 is 0 Å². The molecule has 1 unspecified atom stereocenters. The minimum Gasteiger partial charge on any atom is -0.207 e. The van der Waals surface area contributed by atoms with Gasteiger partial charge in [-0.25, -0.2) is 8.42 Å². The number of halogens is 1. The van der Waals surface area contributed by atoms with Gasteiger partial charge in [-0.15, -0.1) is 0 Å². The fraction of sp³-hybridized carbons (Fsp3) is 0.579. The maximum atomic E-state index is 13.2. The molecule has 1 saturated carbocycles. The summed E-state index contributed by atoms with van der Waals surface area (Å²) in [5.41, 5.74) is 1.26. The predicted octanol–water partition coefficient (Wildman–Crippen LogP) is 4.66. The van der Waals surface area contributed by atoms with Gasteiger partial charge in [-0.05, 0) is 43.7 Å². The van der Waals surface area contributed by atoms with Crippen LogP contribution in [-0.2, 0) is 10.0 Å². The van der Waals surface area contributed by atoms with E-state index < -0.39 is 10.0 Å². The Morgan fingerprint density at radius 3 is 2.50 bits per heavy atom. The van der Waals surface area contributed by atoms with E-state index in [2.05, 4.69) is 22.0 Å². The third kappa shape index (κ3) is 3.63. The SMILES string of the molecule is Cc1ccc(S(=O)(=O)N2CC3(CCCCC3)CC2/C=C/CBr)cc1. The summed E-state index contributed by atoms with van der Waals surface area (Å²) in [7, 11) is -3.44. The lowest BCUT2D eigenvalue weighted by molar-refractivity contribution is 0.205. The van der Waals surface area contributed by atoms with Gasteiger partial charge >= 0.3 is 0 Å². The van der Waals surface area contributed by atoms with Crippen molar-refractivity contribution in [2.75, 3.05) is 11.9 Å². The molecule has 5 heteroatoms. The Hall–Kier alpha value is -0.650. The molecule has 0 amide bonds. The molecule has 1 aliphatic heterocycles. The summed E-state index contributed by atoms with van der Waals surface area (Å²) in [4.78, 5) is 0.415. The fourth-order valence-electron chi connectivity index (χ4n) is 4.20. The van der Waals surface area contributed by atoms with Crippen molar-refractivity contribution in [2.45, 2.75) is 56.4 Å². The number of hydrogen-bond acceptors (Lipinski definition) is 2. The summed E-state index contributed by atoms with van der Waals surface area (Å²) in [5.74, 6) is 0. The van der Waals surface area contributed by atoms with E-state index in [0.29, 0.717) is 11.4 Å². The number of sulfonamides is 1. The quantitative estimate of drug-likeness (QED) is 0.533. The summed E-state index contributed by atoms with van der Waals surface area (Å²) < 4.78 is 28.2. The Kier molecular flexibility index (Phi) is 5.52. The summed E-state index contributed by atoms with van der Waals surface area (Å²) >= 11 is 3.41. The summed E-state index contributed by atoms with van der Waals surface area (Å²) in [6.45, 7) is 2.64. The van der Waals surface area contributed by atoms with Crippen LogP contribution in [0, 0.1) is 12.3 Å². The van der Waals surface area contributed by atoms with E-state index in [1.165, 1.54) is 19.3 Å². The maximum absolute atomic E-state index is 13.2. The van der Waals surface area contributed by atoms with Crippen molar-refractivity contribution in [3.8, 4) is 0 Å². The van der Waals surface area contributed by atoms with E-state index in [9.17, 15) is 8.42 Å². The van der Waals surface area contributed by atoms with Crippen LogP contribution in [0.1, 0.15) is 44.1 Å². The normalized spacial score (nSPS) is 24.8. The molecule has 24 heavy (non-hydrogen) atoms. The molecule has 0 radical (unpaired) electrons. The van der Waals surface area contributed by atoms with E-state index in [1.54, 1.807) is 16.4 Å². The van der Waals surface area contributed by atoms with Crippen molar-refractivity contribution in [3.63, 3.8) is 0 Å². The van der Waals surface area contributed by atoms with Crippen molar-refractivity contribution in [1.29, 1.82) is 0 Å². The number of alkyl halides is 1. The first-order chi connectivity index (χ1) is 11.5. The van der Waals surface area contributed by atoms with Crippen LogP contribution < -0.4 is 0 Å². The highest BCUT2D eigenvalue weighted by Gasteiger charge is 2.47. The van der Waals surface area contributed by atoms with Gasteiger partial charge in [0, 0.05) is 17.9 Å². The monoisotopic (exact) mass is 411 g/mol. The zero-order valence-electron chi connectivity index (χ0n) is 14.2. The molecule has 0 N–H and O–H groups in total. The molecular formula is C19H26BrNO2S. The highest BCUT2D eigenvalue weighted by Crippen LogP contribution is 2.48. The number of hydrogen-bond donors (Lipinski definition) is 0. The molecule has 1 saturated heterocycles. The van der Waals surface area contributed by atoms with E-state index in [4.69, 9.17) is 0 Å². The zero-order valence-corrected chi connectivity index (χ0v) is 16.7. The molecule has 1 aromatic carbocycles. The Morgan fingerprint density at radius 1 is 1.21 bits per heavy atom. The Bertz CT molecular complexity index is 691. The number of aryl methyl sites for hydroxylation is 1. The summed E-state index contributed by atoms with van der Waals surface area (Å²) in [5, 5.41) is 0.759. The number of rotatable bonds is 4. The van der Waals surface area contributed by atoms with Gasteiger partial charge in [0.15, 0.2) is 0 Å². The average molecular weight is 412 g/mol. The van der Waals surface area contributed by atoms with Gasteiger partial charge in [-0.3, -0.25) is 0 Å². The Balaban J connectivity index is 1.93. The van der Waals surface area contributed by atoms with Crippen LogP contribution in [0.3, 0.4) is 0 Å². The van der Waals surface area contributed by atoms with E-state index in [1.807, 2.05) is 25.1 Å². The molecule has 1 aliphatic carbocycles. The van der Waals surface area contributed by atoms with Crippen LogP contribution in [0.4, 0.5) is 0 Å². The Morgan fingerprint density at radius 2 is 1.88 bits per heavy atom. The molecule has 1 atom stereocenters. The van der Waals surface area contributed by atoms with Gasteiger partial charge in [0.25, 0.3) is 0 Å². The van der Waals surface area contributed by atoms with Gasteiger partial charge in [0.1, 0.15) is 0 Å². The average Bonchev–Trinajstić information content (AvgIpc) is 2.93. The second kappa shape index (κ2) is 7.30. The van der Waals surface area contributed by atoms with Crippen molar-refractivity contribution in [1.82, 2.24) is 4.31 Å². The van der Waals surface area contributed by atoms with Gasteiger partial charge < -0.3 is 0 Å². The Labute approximate surface area is 154 Å². The smallest absolute Gasteiger partial charge is 0.207 e. The van der Waals surface area contributed by atoms with Crippen molar-refractivity contribution >= 4 is 26.0 Å². The highest BCUT2D eigenvalue weighted by atomic mass is 79.9. The first-order valence-corrected chi connectivity index (χ1v) is 11.3. The molecule has 0 bridgehead atoms. The zero-order chi connectivity index (χ0) is 17.2. The molecule has 1 heterocycles. The second-order valence-corrected chi connectivity index (χ2v) is 9.82. The second-order valence-electron chi connectivity index (χ2n) is 7.28. The lowest BCUT2D eigenvalue weighted by Crippen LogP contribution is -2.36. The topological polar surface area (TPSA) is 37.4 Å². The fourth-order valence-corrected chi connectivity index (χ4v) is 6.12. The van der Waals surface area contributed by atoms with Gasteiger partial charge in [-0.1, -0.05) is 65.0 Å². The van der Waals surface area contributed by atoms with Crippen LogP contribution in [0.25, 0.3) is 0 Å². The number of allylic oxidation sites excluding steroid dienone is 1. The maximum Gasteiger partial charge on any atom is 0.243 e. The standard InChI is InChI=1S/C19H26BrNO2S/c1-16-7-9-18(10-8-16)24(22,23)21-15-19(11-3-2-4-12-19)14-17(21)6-5-13-20/h5-10,17H,2-4,11-15H2,1H3/b6-5+. The minimum atomic E-state index is -3.44. The molecule has 2 fully saturated rings. The van der Waals surface area contributed by atoms with Crippen molar-refractivity contribution < 1.29 is 8.42 Å². The highest BCUT2D eigenvalue weighted by molar-refractivity contribution is 9.09. The van der Waals surface area contributed by atoms with Gasteiger partial charge in [-0.2, -0.15) is 4.31 Å². The van der Waals surface area contributed by atoms with Crippen LogP contribution >= 0.6 is 15.9 Å². The lowest BCUT2D eigenvalue weighted by atomic mass is 9.73. The number of nitrogens with zero attached hydrogens (tertiary/aromatic N) is 1. The predicted molar refractivity (Wildman–Crippen MR) is 102 cm³/mol. The molecule has 3 nitrogen and oxygen atoms in total. The third-order valence-corrected chi connectivity index (χ3v) is 7.75. The molecule has 2 aliphatic rings. The van der Waals surface area contributed by atoms with Crippen LogP contribution in [0.15, 0.2) is 41.3 Å². The molecule has 132 valence electrons. The minimum absolute atomic E-state index is 0.0213. The third-order valence-electron chi connectivity index (χ3n) is 5.49. The van der Waals surface area contributed by atoms with Crippen molar-refractivity contribution in [3.05, 3.63) is 42.0 Å². The molecular weight excluding hydrogens is 386 g/mol. The molecule has 0 aromatic heterocycles. The van der Waals surface area contributed by atoms with Crippen LogP contribution in [0.2, 0.25) is 0 Å². The van der Waals surface area contributed by atoms with E-state index in [-0.39, 0.29) is 11.5 Å². The summed E-state index contributed by atoms with van der Waals surface area (Å²) in [6, 6.07) is 7.21. The first-order valence-electron chi connectivity index (χ1n) is 8.78. The molecule has 1 aromatic rings. The summed E-state index contributed by atoms with van der Waals surface area (Å²) in [6.07, 6.45) is 11.1. The lowest BCUT2D eigenvalue weighted by Gasteiger charge is -2.33. The number of benzene rings is 1. The van der Waals surface area contributed by atoms with Gasteiger partial charge in [0.2, 0.25) is 10.0 Å². The van der Waals surface area contributed by atoms with E-state index in [0.717, 1.165) is 30.2 Å². The molecule has 3 rings (SSSR count). The van der Waals surface area contributed by atoms with Gasteiger partial charge in [0.05, 0.1) is 4.90 Å². The molecule has 1 spiro atoms. The first kappa shape index (κ1) is 18.2. The van der Waals surface area contributed by atoms with Crippen molar-refractivity contribution in [2.24, 2.45) is 5.41 Å².